The van der Waals surface area contributed by atoms with E-state index in [4.69, 9.17) is 9.47 Å². The Balaban J connectivity index is 1.51. The Bertz CT molecular complexity index is 1390. The number of hydrogen-bond donors (Lipinski definition) is 2. The van der Waals surface area contributed by atoms with Gasteiger partial charge in [-0.15, -0.1) is 11.3 Å². The lowest BCUT2D eigenvalue weighted by atomic mass is 10.0. The van der Waals surface area contributed by atoms with Crippen LogP contribution < -0.4 is 10.6 Å². The molecule has 4 rings (SSSR count). The van der Waals surface area contributed by atoms with E-state index in [0.717, 1.165) is 15.8 Å². The Morgan fingerprint density at radius 1 is 1.02 bits per heavy atom. The predicted octanol–water partition coefficient (Wildman–Crippen LogP) is 4.52. The minimum atomic E-state index is -0.937. The smallest absolute Gasteiger partial charge is 0.408 e. The van der Waals surface area contributed by atoms with Gasteiger partial charge in [-0.25, -0.2) is 9.78 Å². The number of alkyl carbamates (subject to hydrolysis) is 1. The van der Waals surface area contributed by atoms with Gasteiger partial charge in [0, 0.05) is 26.7 Å². The van der Waals surface area contributed by atoms with Gasteiger partial charge in [-0.3, -0.25) is 14.4 Å². The number of likely N-dealkylation sites (tertiary alicyclic amines) is 1. The van der Waals surface area contributed by atoms with Gasteiger partial charge in [-0.2, -0.15) is 0 Å². The summed E-state index contributed by atoms with van der Waals surface area (Å²) < 4.78 is 11.5. The first kappa shape index (κ1) is 32.1. The minimum Gasteiger partial charge on any atom is -0.444 e. The van der Waals surface area contributed by atoms with E-state index in [1.165, 1.54) is 16.2 Å². The second-order valence-electron chi connectivity index (χ2n) is 11.6. The third-order valence-electron chi connectivity index (χ3n) is 7.09. The van der Waals surface area contributed by atoms with Gasteiger partial charge < -0.3 is 25.0 Å². The molecule has 2 aromatic carbocycles. The topological polar surface area (TPSA) is 127 Å². The van der Waals surface area contributed by atoms with Crippen molar-refractivity contribution in [3.8, 4) is 0 Å². The maximum absolute atomic E-state index is 13.9. The van der Waals surface area contributed by atoms with Crippen molar-refractivity contribution in [3.05, 3.63) is 65.2 Å². The molecule has 2 heterocycles. The molecule has 1 unspecified atom stereocenters. The lowest BCUT2D eigenvalue weighted by Crippen LogP contribution is -2.56. The number of benzene rings is 2. The second-order valence-corrected chi connectivity index (χ2v) is 12.7. The highest BCUT2D eigenvalue weighted by Gasteiger charge is 2.39. The summed E-state index contributed by atoms with van der Waals surface area (Å²) in [7, 11) is 1.59. The van der Waals surface area contributed by atoms with Gasteiger partial charge >= 0.3 is 6.09 Å². The van der Waals surface area contributed by atoms with Gasteiger partial charge in [-0.05, 0) is 64.2 Å². The third kappa shape index (κ3) is 8.84. The van der Waals surface area contributed by atoms with Gasteiger partial charge in [0.25, 0.3) is 0 Å². The van der Waals surface area contributed by atoms with Gasteiger partial charge in [0.15, 0.2) is 5.01 Å². The van der Waals surface area contributed by atoms with E-state index >= 15 is 0 Å². The average molecular weight is 609 g/mol. The van der Waals surface area contributed by atoms with E-state index in [0.29, 0.717) is 43.8 Å². The molecule has 0 spiro atoms. The maximum Gasteiger partial charge on any atom is 0.408 e. The molecule has 3 amide bonds. The zero-order valence-electron chi connectivity index (χ0n) is 25.1. The van der Waals surface area contributed by atoms with Gasteiger partial charge in [0.1, 0.15) is 17.7 Å². The van der Waals surface area contributed by atoms with Crippen LogP contribution in [-0.4, -0.2) is 77.6 Å². The van der Waals surface area contributed by atoms with Crippen LogP contribution in [-0.2, 0) is 25.5 Å². The number of Topliss-reactive ketones (excluding diaryl/α,β-unsaturated/α-hetero) is 1. The molecule has 2 N–H and O–H groups in total. The SMILES string of the molecule is COCCCC(NC(=O)[C@@H]1CCCN1C(=O)[C@@H](Cc1ccccc1)NC(=O)OC(C)(C)C)C(=O)c1nc2ccccc2s1. The molecule has 1 aromatic heterocycles. The number of carbonyl (C=O) groups excluding carboxylic acids is 4. The highest BCUT2D eigenvalue weighted by atomic mass is 32.1. The number of carbonyl (C=O) groups is 4. The van der Waals surface area contributed by atoms with Gasteiger partial charge in [0.05, 0.1) is 16.3 Å². The van der Waals surface area contributed by atoms with Crippen LogP contribution in [0.4, 0.5) is 4.79 Å². The molecule has 0 radical (unpaired) electrons. The van der Waals surface area contributed by atoms with Crippen molar-refractivity contribution in [2.75, 3.05) is 20.3 Å². The van der Waals surface area contributed by atoms with Crippen molar-refractivity contribution < 1.29 is 28.7 Å². The zero-order valence-corrected chi connectivity index (χ0v) is 25.9. The first-order valence-electron chi connectivity index (χ1n) is 14.6. The molecule has 1 saturated heterocycles. The first-order chi connectivity index (χ1) is 20.6. The summed E-state index contributed by atoms with van der Waals surface area (Å²) >= 11 is 1.29. The summed E-state index contributed by atoms with van der Waals surface area (Å²) in [4.78, 5) is 59.9. The normalized spacial score (nSPS) is 16.5. The summed E-state index contributed by atoms with van der Waals surface area (Å²) in [6.45, 7) is 6.05. The largest absolute Gasteiger partial charge is 0.444 e. The second kappa shape index (κ2) is 14.6. The maximum atomic E-state index is 13.9. The summed E-state index contributed by atoms with van der Waals surface area (Å²) in [5, 5.41) is 5.98. The number of thiazole rings is 1. The number of nitrogens with zero attached hydrogens (tertiary/aromatic N) is 2. The number of hydrogen-bond acceptors (Lipinski definition) is 8. The Kier molecular flexibility index (Phi) is 10.9. The number of nitrogens with one attached hydrogen (secondary N) is 2. The highest BCUT2D eigenvalue weighted by molar-refractivity contribution is 7.20. The molecule has 1 aliphatic rings. The van der Waals surface area contributed by atoms with Gasteiger partial charge in [0.2, 0.25) is 17.6 Å². The molecule has 11 heteroatoms. The number of para-hydroxylation sites is 1. The van der Waals surface area contributed by atoms with Crippen LogP contribution in [0.3, 0.4) is 0 Å². The van der Waals surface area contributed by atoms with Crippen molar-refractivity contribution in [1.82, 2.24) is 20.5 Å². The first-order valence-corrected chi connectivity index (χ1v) is 15.4. The van der Waals surface area contributed by atoms with Crippen LogP contribution >= 0.6 is 11.3 Å². The number of amides is 3. The van der Waals surface area contributed by atoms with E-state index in [-0.39, 0.29) is 18.1 Å². The number of aromatic nitrogens is 1. The highest BCUT2D eigenvalue weighted by Crippen LogP contribution is 2.25. The van der Waals surface area contributed by atoms with E-state index in [2.05, 4.69) is 15.6 Å². The van der Waals surface area contributed by atoms with Crippen molar-refractivity contribution >= 4 is 45.2 Å². The standard InChI is InChI=1S/C32H40N4O6S/c1-32(2,3)42-31(40)35-24(20-21-12-6-5-7-13-21)30(39)36-18-10-16-25(36)28(38)33-23(15-11-19-41-4)27(37)29-34-22-14-8-9-17-26(22)43-29/h5-9,12-14,17,23-25H,10-11,15-16,18-20H2,1-4H3,(H,33,38)(H,35,40)/t23?,24-,25+/m1/s1. The number of rotatable bonds is 12. The summed E-state index contributed by atoms with van der Waals surface area (Å²) in [6.07, 6.45) is 1.52. The van der Waals surface area contributed by atoms with Crippen molar-refractivity contribution in [2.45, 2.75) is 76.6 Å². The molecule has 1 fully saturated rings. The Labute approximate surface area is 256 Å². The lowest BCUT2D eigenvalue weighted by molar-refractivity contribution is -0.140. The predicted molar refractivity (Wildman–Crippen MR) is 165 cm³/mol. The minimum absolute atomic E-state index is 0.236. The zero-order chi connectivity index (χ0) is 31.0. The van der Waals surface area contributed by atoms with E-state index in [9.17, 15) is 19.2 Å². The number of ketones is 1. The van der Waals surface area contributed by atoms with Gasteiger partial charge in [-0.1, -0.05) is 42.5 Å². The summed E-state index contributed by atoms with van der Waals surface area (Å²) in [5.41, 5.74) is 0.845. The van der Waals surface area contributed by atoms with E-state index < -0.39 is 35.7 Å². The van der Waals surface area contributed by atoms with Crippen LogP contribution in [0.2, 0.25) is 0 Å². The lowest BCUT2D eigenvalue weighted by Gasteiger charge is -2.30. The molecule has 230 valence electrons. The molecule has 3 atom stereocenters. The Morgan fingerprint density at radius 3 is 2.44 bits per heavy atom. The van der Waals surface area contributed by atoms with Crippen LogP contribution in [0.1, 0.15) is 61.8 Å². The fraction of sp³-hybridized carbons (Fsp3) is 0.469. The summed E-state index contributed by atoms with van der Waals surface area (Å²) in [6, 6.07) is 14.3. The average Bonchev–Trinajstić information content (AvgIpc) is 3.63. The molecule has 43 heavy (non-hydrogen) atoms. The van der Waals surface area contributed by atoms with Crippen molar-refractivity contribution in [1.29, 1.82) is 0 Å². The van der Waals surface area contributed by atoms with Crippen molar-refractivity contribution in [2.24, 2.45) is 0 Å². The molecule has 0 saturated carbocycles. The molecule has 0 aliphatic carbocycles. The molecule has 3 aromatic rings. The van der Waals surface area contributed by atoms with Crippen LogP contribution in [0.25, 0.3) is 10.2 Å². The fourth-order valence-electron chi connectivity index (χ4n) is 5.10. The fourth-order valence-corrected chi connectivity index (χ4v) is 6.06. The number of methoxy groups -OCH3 is 1. The van der Waals surface area contributed by atoms with Crippen molar-refractivity contribution in [3.63, 3.8) is 0 Å². The Hall–Kier alpha value is -3.83. The van der Waals surface area contributed by atoms with Crippen LogP contribution in [0.15, 0.2) is 54.6 Å². The van der Waals surface area contributed by atoms with E-state index in [1.807, 2.05) is 54.6 Å². The number of ether oxygens (including phenoxy) is 2. The molecular weight excluding hydrogens is 568 g/mol. The molecule has 1 aliphatic heterocycles. The monoisotopic (exact) mass is 608 g/mol. The van der Waals surface area contributed by atoms with Crippen LogP contribution in [0.5, 0.6) is 0 Å². The molecular formula is C32H40N4O6S. The molecule has 10 nitrogen and oxygen atoms in total. The Morgan fingerprint density at radius 2 is 1.74 bits per heavy atom. The third-order valence-corrected chi connectivity index (χ3v) is 8.14. The van der Waals surface area contributed by atoms with Crippen LogP contribution in [0, 0.1) is 0 Å². The quantitative estimate of drug-likeness (QED) is 0.229. The summed E-state index contributed by atoms with van der Waals surface area (Å²) in [5.74, 6) is -1.05. The number of fused-ring (bicyclic) bond motifs is 1. The molecule has 0 bridgehead atoms. The van der Waals surface area contributed by atoms with E-state index in [1.54, 1.807) is 27.9 Å².